The van der Waals surface area contributed by atoms with Gasteiger partial charge in [-0.1, -0.05) is 43.7 Å². The number of carbonyl (C=O) groups is 1. The first-order valence-corrected chi connectivity index (χ1v) is 9.29. The van der Waals surface area contributed by atoms with E-state index in [-0.39, 0.29) is 11.4 Å². The summed E-state index contributed by atoms with van der Waals surface area (Å²) in [6.07, 6.45) is 1.70. The SMILES string of the molecule is Cc1ccc(C(C)(C)CNC(=O)N2CCN(Cc3ccco3)CC2)cc1. The van der Waals surface area contributed by atoms with Crippen molar-refractivity contribution in [3.05, 3.63) is 59.5 Å². The molecule has 0 saturated carbocycles. The zero-order chi connectivity index (χ0) is 18.6. The van der Waals surface area contributed by atoms with Gasteiger partial charge in [-0.15, -0.1) is 0 Å². The number of rotatable bonds is 5. The van der Waals surface area contributed by atoms with E-state index in [2.05, 4.69) is 55.3 Å². The van der Waals surface area contributed by atoms with E-state index in [1.54, 1.807) is 6.26 Å². The van der Waals surface area contributed by atoms with Crippen LogP contribution in [-0.2, 0) is 12.0 Å². The Balaban J connectivity index is 1.46. The first kappa shape index (κ1) is 18.5. The lowest BCUT2D eigenvalue weighted by Crippen LogP contribution is -2.52. The molecule has 0 aliphatic carbocycles. The van der Waals surface area contributed by atoms with Crippen molar-refractivity contribution in [1.82, 2.24) is 15.1 Å². The standard InChI is InChI=1S/C21H29N3O2/c1-17-6-8-18(9-7-17)21(2,3)16-22-20(25)24-12-10-23(11-13-24)15-19-5-4-14-26-19/h4-9,14H,10-13,15-16H2,1-3H3,(H,22,25). The van der Waals surface area contributed by atoms with E-state index in [4.69, 9.17) is 4.42 Å². The fourth-order valence-corrected chi connectivity index (χ4v) is 3.25. The maximum Gasteiger partial charge on any atom is 0.317 e. The number of urea groups is 1. The van der Waals surface area contributed by atoms with Gasteiger partial charge in [0.1, 0.15) is 5.76 Å². The number of carbonyl (C=O) groups excluding carboxylic acids is 1. The molecule has 5 heteroatoms. The molecule has 1 N–H and O–H groups in total. The number of aryl methyl sites for hydroxylation is 1. The summed E-state index contributed by atoms with van der Waals surface area (Å²) < 4.78 is 5.40. The highest BCUT2D eigenvalue weighted by molar-refractivity contribution is 5.74. The van der Waals surface area contributed by atoms with Crippen molar-refractivity contribution >= 4 is 6.03 Å². The largest absolute Gasteiger partial charge is 0.468 e. The lowest BCUT2D eigenvalue weighted by atomic mass is 9.84. The summed E-state index contributed by atoms with van der Waals surface area (Å²) in [7, 11) is 0. The molecule has 3 rings (SSSR count). The molecule has 2 heterocycles. The van der Waals surface area contributed by atoms with E-state index in [9.17, 15) is 4.79 Å². The van der Waals surface area contributed by atoms with Crippen LogP contribution >= 0.6 is 0 Å². The third-order valence-corrected chi connectivity index (χ3v) is 5.13. The van der Waals surface area contributed by atoms with E-state index >= 15 is 0 Å². The number of hydrogen-bond acceptors (Lipinski definition) is 3. The molecule has 0 atom stereocenters. The fourth-order valence-electron chi connectivity index (χ4n) is 3.25. The Morgan fingerprint density at radius 2 is 1.81 bits per heavy atom. The Labute approximate surface area is 156 Å². The lowest BCUT2D eigenvalue weighted by molar-refractivity contribution is 0.129. The predicted molar refractivity (Wildman–Crippen MR) is 103 cm³/mol. The van der Waals surface area contributed by atoms with Crippen molar-refractivity contribution in [3.63, 3.8) is 0 Å². The number of benzene rings is 1. The van der Waals surface area contributed by atoms with Gasteiger partial charge in [-0.25, -0.2) is 4.79 Å². The van der Waals surface area contributed by atoms with Crippen LogP contribution in [0.2, 0.25) is 0 Å². The monoisotopic (exact) mass is 355 g/mol. The number of amides is 2. The Hall–Kier alpha value is -2.27. The Morgan fingerprint density at radius 3 is 2.42 bits per heavy atom. The van der Waals surface area contributed by atoms with Crippen LogP contribution in [0.15, 0.2) is 47.1 Å². The van der Waals surface area contributed by atoms with Crippen LogP contribution in [-0.4, -0.2) is 48.6 Å². The van der Waals surface area contributed by atoms with E-state index < -0.39 is 0 Å². The van der Waals surface area contributed by atoms with Crippen molar-refractivity contribution in [1.29, 1.82) is 0 Å². The number of furan rings is 1. The van der Waals surface area contributed by atoms with E-state index in [1.165, 1.54) is 11.1 Å². The van der Waals surface area contributed by atoms with Crippen LogP contribution in [0, 0.1) is 6.92 Å². The van der Waals surface area contributed by atoms with Gasteiger partial charge in [-0.05, 0) is 24.6 Å². The quantitative estimate of drug-likeness (QED) is 0.894. The average molecular weight is 355 g/mol. The molecule has 0 radical (unpaired) electrons. The van der Waals surface area contributed by atoms with Crippen LogP contribution in [0.3, 0.4) is 0 Å². The van der Waals surface area contributed by atoms with Crippen LogP contribution in [0.5, 0.6) is 0 Å². The molecular weight excluding hydrogens is 326 g/mol. The highest BCUT2D eigenvalue weighted by Crippen LogP contribution is 2.22. The molecule has 2 aromatic rings. The van der Waals surface area contributed by atoms with Crippen LogP contribution in [0.25, 0.3) is 0 Å². The summed E-state index contributed by atoms with van der Waals surface area (Å²) in [4.78, 5) is 16.8. The van der Waals surface area contributed by atoms with Gasteiger partial charge in [0.05, 0.1) is 12.8 Å². The molecule has 0 bridgehead atoms. The molecule has 5 nitrogen and oxygen atoms in total. The number of piperazine rings is 1. The number of nitrogens with one attached hydrogen (secondary N) is 1. The average Bonchev–Trinajstić information content (AvgIpc) is 3.14. The van der Waals surface area contributed by atoms with Crippen LogP contribution in [0.1, 0.15) is 30.7 Å². The van der Waals surface area contributed by atoms with Gasteiger partial charge in [0, 0.05) is 38.1 Å². The Bertz CT molecular complexity index is 699. The molecule has 0 spiro atoms. The summed E-state index contributed by atoms with van der Waals surface area (Å²) in [5.41, 5.74) is 2.40. The first-order valence-electron chi connectivity index (χ1n) is 9.29. The molecule has 2 amide bonds. The van der Waals surface area contributed by atoms with Crippen molar-refractivity contribution in [2.75, 3.05) is 32.7 Å². The van der Waals surface area contributed by atoms with Crippen molar-refractivity contribution in [2.24, 2.45) is 0 Å². The van der Waals surface area contributed by atoms with Gasteiger partial charge in [0.25, 0.3) is 0 Å². The Kier molecular flexibility index (Phi) is 5.67. The van der Waals surface area contributed by atoms with Gasteiger partial charge < -0.3 is 14.6 Å². The van der Waals surface area contributed by atoms with Gasteiger partial charge in [-0.3, -0.25) is 4.90 Å². The second-order valence-corrected chi connectivity index (χ2v) is 7.75. The number of hydrogen-bond donors (Lipinski definition) is 1. The zero-order valence-corrected chi connectivity index (χ0v) is 16.0. The predicted octanol–water partition coefficient (Wildman–Crippen LogP) is 3.39. The third kappa shape index (κ3) is 4.67. The normalized spacial score (nSPS) is 15.9. The minimum absolute atomic E-state index is 0.0304. The van der Waals surface area contributed by atoms with E-state index in [1.807, 2.05) is 17.0 Å². The maximum absolute atomic E-state index is 12.5. The van der Waals surface area contributed by atoms with Crippen molar-refractivity contribution in [3.8, 4) is 0 Å². The summed E-state index contributed by atoms with van der Waals surface area (Å²) in [5, 5.41) is 3.12. The summed E-state index contributed by atoms with van der Waals surface area (Å²) in [6.45, 7) is 11.1. The highest BCUT2D eigenvalue weighted by atomic mass is 16.3. The molecule has 1 saturated heterocycles. The molecule has 1 aromatic heterocycles. The summed E-state index contributed by atoms with van der Waals surface area (Å²) in [6, 6.07) is 12.5. The van der Waals surface area contributed by atoms with Gasteiger partial charge in [0.15, 0.2) is 0 Å². The van der Waals surface area contributed by atoms with E-state index in [0.717, 1.165) is 38.5 Å². The zero-order valence-electron chi connectivity index (χ0n) is 16.0. The van der Waals surface area contributed by atoms with Crippen molar-refractivity contribution < 1.29 is 9.21 Å². The molecule has 1 aliphatic heterocycles. The molecule has 1 aromatic carbocycles. The summed E-state index contributed by atoms with van der Waals surface area (Å²) in [5.74, 6) is 0.975. The smallest absolute Gasteiger partial charge is 0.317 e. The minimum Gasteiger partial charge on any atom is -0.468 e. The summed E-state index contributed by atoms with van der Waals surface area (Å²) >= 11 is 0. The second-order valence-electron chi connectivity index (χ2n) is 7.75. The van der Waals surface area contributed by atoms with Gasteiger partial charge in [-0.2, -0.15) is 0 Å². The minimum atomic E-state index is -0.0928. The second kappa shape index (κ2) is 7.96. The number of nitrogens with zero attached hydrogens (tertiary/aromatic N) is 2. The fraction of sp³-hybridized carbons (Fsp3) is 0.476. The Morgan fingerprint density at radius 1 is 1.12 bits per heavy atom. The first-order chi connectivity index (χ1) is 12.4. The highest BCUT2D eigenvalue weighted by Gasteiger charge is 2.25. The molecule has 26 heavy (non-hydrogen) atoms. The molecular formula is C21H29N3O2. The van der Waals surface area contributed by atoms with Crippen molar-refractivity contribution in [2.45, 2.75) is 32.7 Å². The van der Waals surface area contributed by atoms with Gasteiger partial charge in [0.2, 0.25) is 0 Å². The van der Waals surface area contributed by atoms with E-state index in [0.29, 0.717) is 6.54 Å². The van der Waals surface area contributed by atoms with Crippen LogP contribution < -0.4 is 5.32 Å². The van der Waals surface area contributed by atoms with Gasteiger partial charge >= 0.3 is 6.03 Å². The maximum atomic E-state index is 12.5. The molecule has 1 aliphatic rings. The molecule has 0 unspecified atom stereocenters. The lowest BCUT2D eigenvalue weighted by Gasteiger charge is -2.35. The molecule has 1 fully saturated rings. The van der Waals surface area contributed by atoms with Crippen LogP contribution in [0.4, 0.5) is 4.79 Å². The topological polar surface area (TPSA) is 48.7 Å². The molecule has 140 valence electrons. The third-order valence-electron chi connectivity index (χ3n) is 5.13.